The fourth-order valence-corrected chi connectivity index (χ4v) is 4.56. The van der Waals surface area contributed by atoms with Gasteiger partial charge in [0.25, 0.3) is 5.56 Å². The van der Waals surface area contributed by atoms with Gasteiger partial charge in [-0.25, -0.2) is 9.97 Å². The van der Waals surface area contributed by atoms with Crippen LogP contribution in [0.5, 0.6) is 5.75 Å². The summed E-state index contributed by atoms with van der Waals surface area (Å²) < 4.78 is 6.73. The molecule has 1 aromatic carbocycles. The Kier molecular flexibility index (Phi) is 5.89. The third-order valence-corrected chi connectivity index (χ3v) is 6.26. The molecule has 0 bridgehead atoms. The van der Waals surface area contributed by atoms with Crippen LogP contribution in [0.25, 0.3) is 10.9 Å². The summed E-state index contributed by atoms with van der Waals surface area (Å²) in [4.78, 5) is 35.0. The van der Waals surface area contributed by atoms with Gasteiger partial charge in [0.05, 0.1) is 24.3 Å². The van der Waals surface area contributed by atoms with Crippen molar-refractivity contribution < 1.29 is 9.53 Å². The van der Waals surface area contributed by atoms with E-state index in [4.69, 9.17) is 4.74 Å². The molecule has 3 aromatic rings. The minimum atomic E-state index is -0.627. The van der Waals surface area contributed by atoms with Crippen LogP contribution in [0.2, 0.25) is 0 Å². The quantitative estimate of drug-likeness (QED) is 0.661. The zero-order valence-electron chi connectivity index (χ0n) is 16.3. The number of anilines is 1. The summed E-state index contributed by atoms with van der Waals surface area (Å²) in [7, 11) is 1.56. The van der Waals surface area contributed by atoms with E-state index in [0.29, 0.717) is 34.1 Å². The van der Waals surface area contributed by atoms with E-state index in [2.05, 4.69) is 15.3 Å². The zero-order valence-corrected chi connectivity index (χ0v) is 17.2. The predicted molar refractivity (Wildman–Crippen MR) is 114 cm³/mol. The number of amides is 1. The summed E-state index contributed by atoms with van der Waals surface area (Å²) in [6.07, 6.45) is 9.52. The number of rotatable bonds is 6. The van der Waals surface area contributed by atoms with Gasteiger partial charge in [-0.2, -0.15) is 0 Å². The van der Waals surface area contributed by atoms with Gasteiger partial charge in [-0.3, -0.25) is 14.2 Å². The molecule has 0 radical (unpaired) electrons. The number of ether oxygens (including phenoxy) is 1. The van der Waals surface area contributed by atoms with Crippen LogP contribution in [0.15, 0.2) is 40.9 Å². The Morgan fingerprint density at radius 2 is 2.14 bits per heavy atom. The maximum atomic E-state index is 13.3. The summed E-state index contributed by atoms with van der Waals surface area (Å²) in [5.41, 5.74) is 0.354. The number of nitrogens with zero attached hydrogens (tertiary/aromatic N) is 3. The van der Waals surface area contributed by atoms with Crippen molar-refractivity contribution in [1.82, 2.24) is 14.5 Å². The molecule has 4 rings (SSSR count). The van der Waals surface area contributed by atoms with Crippen molar-refractivity contribution in [3.8, 4) is 5.75 Å². The fourth-order valence-electron chi connectivity index (χ4n) is 4.02. The molecule has 0 spiro atoms. The Labute approximate surface area is 172 Å². The SMILES string of the molecule is COc1ccc2ncn(C(CC3CCCCC3)C(=O)Nc3nccs3)c(=O)c2c1. The Morgan fingerprint density at radius 1 is 1.31 bits per heavy atom. The van der Waals surface area contributed by atoms with Crippen molar-refractivity contribution in [3.63, 3.8) is 0 Å². The number of aromatic nitrogens is 3. The minimum absolute atomic E-state index is 0.225. The number of thiazole rings is 1. The average molecular weight is 413 g/mol. The van der Waals surface area contributed by atoms with Gasteiger partial charge >= 0.3 is 0 Å². The smallest absolute Gasteiger partial charge is 0.262 e. The molecule has 29 heavy (non-hydrogen) atoms. The maximum Gasteiger partial charge on any atom is 0.262 e. The third kappa shape index (κ3) is 4.32. The van der Waals surface area contributed by atoms with Crippen LogP contribution in [0.1, 0.15) is 44.6 Å². The fraction of sp³-hybridized carbons (Fsp3) is 0.429. The van der Waals surface area contributed by atoms with Gasteiger partial charge in [0.15, 0.2) is 5.13 Å². The summed E-state index contributed by atoms with van der Waals surface area (Å²) in [6, 6.07) is 4.58. The van der Waals surface area contributed by atoms with E-state index in [9.17, 15) is 9.59 Å². The highest BCUT2D eigenvalue weighted by Gasteiger charge is 2.28. The molecule has 8 heteroatoms. The van der Waals surface area contributed by atoms with E-state index in [1.165, 1.54) is 41.5 Å². The van der Waals surface area contributed by atoms with Crippen LogP contribution in [-0.4, -0.2) is 27.6 Å². The first kappa shape index (κ1) is 19.6. The first-order chi connectivity index (χ1) is 14.2. The van der Waals surface area contributed by atoms with Gasteiger partial charge in [0.2, 0.25) is 5.91 Å². The molecule has 1 aliphatic carbocycles. The first-order valence-corrected chi connectivity index (χ1v) is 10.8. The highest BCUT2D eigenvalue weighted by Crippen LogP contribution is 2.31. The van der Waals surface area contributed by atoms with Crippen molar-refractivity contribution in [1.29, 1.82) is 0 Å². The second-order valence-electron chi connectivity index (χ2n) is 7.42. The number of methoxy groups -OCH3 is 1. The Hall–Kier alpha value is -2.74. The number of hydrogen-bond acceptors (Lipinski definition) is 6. The van der Waals surface area contributed by atoms with Gasteiger partial charge < -0.3 is 10.1 Å². The van der Waals surface area contributed by atoms with E-state index >= 15 is 0 Å². The Bertz CT molecular complexity index is 1040. The van der Waals surface area contributed by atoms with E-state index in [1.807, 2.05) is 5.38 Å². The maximum absolute atomic E-state index is 13.3. The van der Waals surface area contributed by atoms with Crippen LogP contribution in [0.4, 0.5) is 5.13 Å². The second-order valence-corrected chi connectivity index (χ2v) is 8.32. The molecule has 1 aliphatic rings. The molecule has 1 saturated carbocycles. The highest BCUT2D eigenvalue weighted by molar-refractivity contribution is 7.13. The van der Waals surface area contributed by atoms with E-state index < -0.39 is 6.04 Å². The van der Waals surface area contributed by atoms with Crippen LogP contribution in [-0.2, 0) is 4.79 Å². The van der Waals surface area contributed by atoms with Crippen LogP contribution in [0.3, 0.4) is 0 Å². The molecule has 1 N–H and O–H groups in total. The van der Waals surface area contributed by atoms with Crippen molar-refractivity contribution >= 4 is 33.3 Å². The molecular formula is C21H24N4O3S. The molecule has 152 valence electrons. The van der Waals surface area contributed by atoms with Crippen molar-refractivity contribution in [2.75, 3.05) is 12.4 Å². The standard InChI is InChI=1S/C21H24N4O3S/c1-28-15-7-8-17-16(12-15)20(27)25(13-23-17)18(11-14-5-3-2-4-6-14)19(26)24-21-22-9-10-29-21/h7-10,12-14,18H,2-6,11H2,1H3,(H,22,24,26). The molecule has 2 aromatic heterocycles. The Morgan fingerprint density at radius 3 is 2.86 bits per heavy atom. The summed E-state index contributed by atoms with van der Waals surface area (Å²) in [5.74, 6) is 0.783. The first-order valence-electron chi connectivity index (χ1n) is 9.91. The molecule has 1 fully saturated rings. The van der Waals surface area contributed by atoms with Gasteiger partial charge in [-0.05, 0) is 30.5 Å². The van der Waals surface area contributed by atoms with E-state index in [0.717, 1.165) is 12.8 Å². The van der Waals surface area contributed by atoms with Crippen LogP contribution in [0, 0.1) is 5.92 Å². The lowest BCUT2D eigenvalue weighted by atomic mass is 9.84. The average Bonchev–Trinajstić information content (AvgIpc) is 3.26. The minimum Gasteiger partial charge on any atom is -0.497 e. The lowest BCUT2D eigenvalue weighted by Gasteiger charge is -2.27. The second kappa shape index (κ2) is 8.73. The topological polar surface area (TPSA) is 86.1 Å². The van der Waals surface area contributed by atoms with Crippen molar-refractivity contribution in [2.24, 2.45) is 5.92 Å². The van der Waals surface area contributed by atoms with Gasteiger partial charge in [0, 0.05) is 11.6 Å². The lowest BCUT2D eigenvalue weighted by molar-refractivity contribution is -0.120. The molecular weight excluding hydrogens is 388 g/mol. The molecule has 0 saturated heterocycles. The highest BCUT2D eigenvalue weighted by atomic mass is 32.1. The summed E-state index contributed by atoms with van der Waals surface area (Å²) >= 11 is 1.36. The van der Waals surface area contributed by atoms with E-state index in [-0.39, 0.29) is 11.5 Å². The van der Waals surface area contributed by atoms with Crippen LogP contribution >= 0.6 is 11.3 Å². The summed E-state index contributed by atoms with van der Waals surface area (Å²) in [6.45, 7) is 0. The summed E-state index contributed by atoms with van der Waals surface area (Å²) in [5, 5.41) is 5.65. The monoisotopic (exact) mass is 412 g/mol. The molecule has 7 nitrogen and oxygen atoms in total. The molecule has 0 aliphatic heterocycles. The molecule has 2 heterocycles. The molecule has 1 atom stereocenters. The number of nitrogens with one attached hydrogen (secondary N) is 1. The predicted octanol–water partition coefficient (Wildman–Crippen LogP) is 4.01. The largest absolute Gasteiger partial charge is 0.497 e. The van der Waals surface area contributed by atoms with Crippen molar-refractivity contribution in [2.45, 2.75) is 44.6 Å². The lowest BCUT2D eigenvalue weighted by Crippen LogP contribution is -2.35. The third-order valence-electron chi connectivity index (χ3n) is 5.57. The van der Waals surface area contributed by atoms with Gasteiger partial charge in [-0.15, -0.1) is 11.3 Å². The van der Waals surface area contributed by atoms with Gasteiger partial charge in [0.1, 0.15) is 11.8 Å². The van der Waals surface area contributed by atoms with E-state index in [1.54, 1.807) is 31.5 Å². The molecule has 1 amide bonds. The normalized spacial score (nSPS) is 15.9. The number of carbonyl (C=O) groups is 1. The Balaban J connectivity index is 1.71. The number of hydrogen-bond donors (Lipinski definition) is 1. The number of benzene rings is 1. The van der Waals surface area contributed by atoms with Crippen LogP contribution < -0.4 is 15.6 Å². The number of carbonyl (C=O) groups excluding carboxylic acids is 1. The zero-order chi connectivity index (χ0) is 20.2. The van der Waals surface area contributed by atoms with Gasteiger partial charge in [-0.1, -0.05) is 32.1 Å². The van der Waals surface area contributed by atoms with Crippen molar-refractivity contribution in [3.05, 3.63) is 46.5 Å². The molecule has 1 unspecified atom stereocenters. The number of fused-ring (bicyclic) bond motifs is 1.